The van der Waals surface area contributed by atoms with E-state index in [0.717, 1.165) is 12.8 Å². The zero-order valence-electron chi connectivity index (χ0n) is 18.7. The summed E-state index contributed by atoms with van der Waals surface area (Å²) in [5.74, 6) is -0.947. The Bertz CT molecular complexity index is 656. The molecule has 3 aliphatic heterocycles. The van der Waals surface area contributed by atoms with Crippen LogP contribution < -0.4 is 5.32 Å². The third-order valence-corrected chi connectivity index (χ3v) is 7.38. The van der Waals surface area contributed by atoms with Crippen molar-refractivity contribution >= 4 is 29.3 Å². The molecule has 0 saturated carbocycles. The molecule has 178 valence electrons. The Kier molecular flexibility index (Phi) is 8.13. The maximum Gasteiger partial charge on any atom is 0.244 e. The predicted molar refractivity (Wildman–Crippen MR) is 119 cm³/mol. The normalized spacial score (nSPS) is 39.1. The van der Waals surface area contributed by atoms with Gasteiger partial charge in [0.1, 0.15) is 35.9 Å². The molecule has 0 aliphatic carbocycles. The van der Waals surface area contributed by atoms with E-state index >= 15 is 0 Å². The van der Waals surface area contributed by atoms with Gasteiger partial charge in [-0.3, -0.25) is 4.79 Å². The molecular weight excluding hydrogens is 446 g/mol. The van der Waals surface area contributed by atoms with E-state index in [1.807, 2.05) is 6.26 Å². The van der Waals surface area contributed by atoms with Crippen molar-refractivity contribution in [2.24, 2.45) is 11.2 Å². The van der Waals surface area contributed by atoms with Gasteiger partial charge in [-0.05, 0) is 45.8 Å². The number of hydrogen-bond donors (Lipinski definition) is 2. The number of rotatable bonds is 8. The van der Waals surface area contributed by atoms with Crippen LogP contribution in [-0.4, -0.2) is 81.9 Å². The number of nitroso groups, excluding NO2 is 1. The molecule has 3 fully saturated rings. The van der Waals surface area contributed by atoms with Crippen LogP contribution in [-0.2, 0) is 19.0 Å². The lowest BCUT2D eigenvalue weighted by Crippen LogP contribution is -2.64. The molecule has 1 amide bonds. The Morgan fingerprint density at radius 1 is 1.39 bits per heavy atom. The maximum absolute atomic E-state index is 13.2. The number of aliphatic hydroxyl groups excluding tert-OH is 1. The fourth-order valence-electron chi connectivity index (χ4n) is 4.86. The van der Waals surface area contributed by atoms with Crippen LogP contribution in [0.4, 0.5) is 0 Å². The van der Waals surface area contributed by atoms with Gasteiger partial charge >= 0.3 is 0 Å². The number of alkyl halides is 1. The van der Waals surface area contributed by atoms with E-state index in [1.54, 1.807) is 20.8 Å². The molecule has 0 spiro atoms. The Morgan fingerprint density at radius 2 is 2.06 bits per heavy atom. The lowest BCUT2D eigenvalue weighted by atomic mass is 9.92. The number of nitrogens with zero attached hydrogens (tertiary/aromatic N) is 2. The second-order valence-corrected chi connectivity index (χ2v) is 10.7. The first-order valence-corrected chi connectivity index (χ1v) is 12.6. The third kappa shape index (κ3) is 5.30. The summed E-state index contributed by atoms with van der Waals surface area (Å²) in [7, 11) is 0. The number of nitrogens with one attached hydrogen (secondary N) is 1. The first-order chi connectivity index (χ1) is 14.6. The van der Waals surface area contributed by atoms with Gasteiger partial charge in [-0.1, -0.05) is 13.3 Å². The van der Waals surface area contributed by atoms with Crippen molar-refractivity contribution in [2.75, 3.05) is 12.8 Å². The smallest absolute Gasteiger partial charge is 0.244 e. The SMILES string of the molecule is CCC[C@@H]1C[C@@H](C(=O)N[C@@H]([C@H]2O[C@H](SC)[C@H](O)[C@H]3OC(C)(C)O[C@H]32)[C@H](C)Cl)N(N=O)C1. The van der Waals surface area contributed by atoms with Gasteiger partial charge < -0.3 is 24.6 Å². The minimum Gasteiger partial charge on any atom is -0.387 e. The predicted octanol–water partition coefficient (Wildman–Crippen LogP) is 2.24. The van der Waals surface area contributed by atoms with E-state index in [0.29, 0.717) is 13.0 Å². The van der Waals surface area contributed by atoms with Gasteiger partial charge in [-0.2, -0.15) is 0 Å². The van der Waals surface area contributed by atoms with Crippen molar-refractivity contribution in [3.05, 3.63) is 4.91 Å². The number of hydrogen-bond acceptors (Lipinski definition) is 8. The summed E-state index contributed by atoms with van der Waals surface area (Å²) < 4.78 is 18.2. The van der Waals surface area contributed by atoms with Crippen LogP contribution in [0.2, 0.25) is 0 Å². The highest BCUT2D eigenvalue weighted by Crippen LogP contribution is 2.41. The van der Waals surface area contributed by atoms with Crippen molar-refractivity contribution in [3.63, 3.8) is 0 Å². The molecule has 0 aromatic rings. The first kappa shape index (κ1) is 25.0. The monoisotopic (exact) mass is 479 g/mol. The summed E-state index contributed by atoms with van der Waals surface area (Å²) >= 11 is 7.87. The third-order valence-electron chi connectivity index (χ3n) is 6.25. The summed E-state index contributed by atoms with van der Waals surface area (Å²) in [4.78, 5) is 24.5. The fourth-order valence-corrected chi connectivity index (χ4v) is 5.74. The van der Waals surface area contributed by atoms with E-state index in [1.165, 1.54) is 16.8 Å². The van der Waals surface area contributed by atoms with Crippen LogP contribution >= 0.6 is 23.4 Å². The number of thioether (sulfide) groups is 1. The molecule has 0 unspecified atom stereocenters. The average molecular weight is 480 g/mol. The average Bonchev–Trinajstić information content (AvgIpc) is 3.27. The largest absolute Gasteiger partial charge is 0.387 e. The Morgan fingerprint density at radius 3 is 2.65 bits per heavy atom. The van der Waals surface area contributed by atoms with Gasteiger partial charge in [0.2, 0.25) is 5.91 Å². The number of carbonyl (C=O) groups is 1. The van der Waals surface area contributed by atoms with Crippen molar-refractivity contribution < 1.29 is 24.1 Å². The number of halogens is 1. The van der Waals surface area contributed by atoms with Gasteiger partial charge in [0.15, 0.2) is 5.79 Å². The van der Waals surface area contributed by atoms with Gasteiger partial charge in [0, 0.05) is 6.54 Å². The standard InChI is InChI=1S/C20H34ClN3O6S/c1-6-7-11-8-12(24(9-11)23-27)18(26)22-13(10(2)21)15-17-16(29-20(3,4)30-17)14(25)19(28-15)31-5/h10-17,19,25H,6-9H2,1-5H3,(H,22,26)/t10-,11+,12-,13+,14+,15+,16+,17-,19+/m0/s1. The van der Waals surface area contributed by atoms with Gasteiger partial charge in [-0.15, -0.1) is 28.3 Å². The number of amides is 1. The zero-order valence-corrected chi connectivity index (χ0v) is 20.3. The Labute approximate surface area is 192 Å². The van der Waals surface area contributed by atoms with Gasteiger partial charge in [0.25, 0.3) is 0 Å². The Hall–Kier alpha value is -0.650. The second kappa shape index (κ2) is 10.1. The van der Waals surface area contributed by atoms with E-state index in [4.69, 9.17) is 25.8 Å². The van der Waals surface area contributed by atoms with Crippen LogP contribution in [0.1, 0.15) is 47.0 Å². The van der Waals surface area contributed by atoms with E-state index in [9.17, 15) is 14.8 Å². The van der Waals surface area contributed by atoms with Gasteiger partial charge in [0.05, 0.1) is 16.7 Å². The van der Waals surface area contributed by atoms with Crippen LogP contribution in [0.15, 0.2) is 5.29 Å². The van der Waals surface area contributed by atoms with Crippen LogP contribution in [0.3, 0.4) is 0 Å². The van der Waals surface area contributed by atoms with Crippen LogP contribution in [0.5, 0.6) is 0 Å². The van der Waals surface area contributed by atoms with Crippen molar-refractivity contribution in [1.82, 2.24) is 10.3 Å². The summed E-state index contributed by atoms with van der Waals surface area (Å²) in [6.45, 7) is 7.89. The molecule has 3 rings (SSSR count). The lowest BCUT2D eigenvalue weighted by Gasteiger charge is -2.43. The Balaban J connectivity index is 1.79. The minimum absolute atomic E-state index is 0.254. The number of fused-ring (bicyclic) bond motifs is 1. The molecule has 31 heavy (non-hydrogen) atoms. The summed E-state index contributed by atoms with van der Waals surface area (Å²) in [6.07, 6.45) is 1.63. The summed E-state index contributed by atoms with van der Waals surface area (Å²) in [5.41, 5.74) is -0.549. The van der Waals surface area contributed by atoms with E-state index < -0.39 is 53.1 Å². The minimum atomic E-state index is -0.896. The molecule has 0 aromatic carbocycles. The molecule has 9 atom stereocenters. The van der Waals surface area contributed by atoms with Crippen molar-refractivity contribution in [2.45, 2.75) is 100 Å². The molecule has 2 N–H and O–H groups in total. The van der Waals surface area contributed by atoms with Crippen molar-refractivity contribution in [1.29, 1.82) is 0 Å². The highest BCUT2D eigenvalue weighted by molar-refractivity contribution is 7.99. The fraction of sp³-hybridized carbons (Fsp3) is 0.950. The summed E-state index contributed by atoms with van der Waals surface area (Å²) in [5, 5.41) is 17.6. The zero-order chi connectivity index (χ0) is 22.9. The molecule has 3 aliphatic rings. The van der Waals surface area contributed by atoms with E-state index in [2.05, 4.69) is 17.5 Å². The molecule has 11 heteroatoms. The molecule has 3 saturated heterocycles. The molecule has 3 heterocycles. The van der Waals surface area contributed by atoms with Gasteiger partial charge in [-0.25, -0.2) is 5.01 Å². The second-order valence-electron chi connectivity index (χ2n) is 9.08. The van der Waals surface area contributed by atoms with Crippen LogP contribution in [0.25, 0.3) is 0 Å². The van der Waals surface area contributed by atoms with E-state index in [-0.39, 0.29) is 11.8 Å². The first-order valence-electron chi connectivity index (χ1n) is 10.9. The highest BCUT2D eigenvalue weighted by atomic mass is 35.5. The lowest BCUT2D eigenvalue weighted by molar-refractivity contribution is -0.168. The highest BCUT2D eigenvalue weighted by Gasteiger charge is 2.57. The molecule has 9 nitrogen and oxygen atoms in total. The number of carbonyl (C=O) groups excluding carboxylic acids is 1. The van der Waals surface area contributed by atoms with Crippen molar-refractivity contribution in [3.8, 4) is 0 Å². The number of ether oxygens (including phenoxy) is 3. The molecule has 0 aromatic heterocycles. The maximum atomic E-state index is 13.2. The topological polar surface area (TPSA) is 110 Å². The number of aliphatic hydroxyl groups is 1. The molecular formula is C20H34ClN3O6S. The van der Waals surface area contributed by atoms with Crippen LogP contribution in [0, 0.1) is 10.8 Å². The molecule has 0 radical (unpaired) electrons. The quantitative estimate of drug-likeness (QED) is 0.403. The molecule has 0 bridgehead atoms. The summed E-state index contributed by atoms with van der Waals surface area (Å²) in [6, 6.07) is -1.24.